The topological polar surface area (TPSA) is 84.3 Å². The Morgan fingerprint density at radius 2 is 2.25 bits per heavy atom. The van der Waals surface area contributed by atoms with Gasteiger partial charge in [0.05, 0.1) is 9.95 Å². The van der Waals surface area contributed by atoms with Crippen LogP contribution in [0.4, 0.5) is 5.69 Å². The first kappa shape index (κ1) is 14.7. The number of carbonyl (C=O) groups is 1. The molecule has 2 N–H and O–H groups in total. The first-order valence-electron chi connectivity index (χ1n) is 6.54. The van der Waals surface area contributed by atoms with E-state index >= 15 is 0 Å². The highest BCUT2D eigenvalue weighted by atomic mass is 35.5. The quantitative estimate of drug-likeness (QED) is 0.661. The van der Waals surface area contributed by atoms with Gasteiger partial charge in [-0.1, -0.05) is 24.1 Å². The van der Waals surface area contributed by atoms with Gasteiger partial charge in [0.1, 0.15) is 5.56 Å². The minimum atomic E-state index is -0.591. The van der Waals surface area contributed by atoms with Crippen LogP contribution >= 0.6 is 11.6 Å². The fraction of sp³-hybridized carbons (Fsp3) is 0.462. The molecule has 2 rings (SSSR count). The van der Waals surface area contributed by atoms with E-state index < -0.39 is 10.8 Å². The zero-order chi connectivity index (χ0) is 14.5. The highest BCUT2D eigenvalue weighted by Crippen LogP contribution is 2.26. The van der Waals surface area contributed by atoms with E-state index in [1.165, 1.54) is 18.2 Å². The highest BCUT2D eigenvalue weighted by Gasteiger charge is 2.25. The van der Waals surface area contributed by atoms with Crippen LogP contribution in [0.2, 0.25) is 5.02 Å². The Labute approximate surface area is 121 Å². The van der Waals surface area contributed by atoms with Crippen molar-refractivity contribution in [2.24, 2.45) is 0 Å². The standard InChI is InChI=1S/C13H16ClN3O3/c14-10-5-3-6-11(17(19)20)12(10)13(18)16-9-4-1-2-7-15-8-9/h3,5-6,9,15H,1-2,4,7-8H2,(H,16,18). The van der Waals surface area contributed by atoms with Crippen molar-refractivity contribution in [2.75, 3.05) is 13.1 Å². The van der Waals surface area contributed by atoms with Gasteiger partial charge in [0.2, 0.25) is 0 Å². The van der Waals surface area contributed by atoms with Crippen LogP contribution in [0.1, 0.15) is 29.6 Å². The van der Waals surface area contributed by atoms with Crippen molar-refractivity contribution < 1.29 is 9.72 Å². The molecular weight excluding hydrogens is 282 g/mol. The van der Waals surface area contributed by atoms with Crippen molar-refractivity contribution in [3.63, 3.8) is 0 Å². The molecule has 6 nitrogen and oxygen atoms in total. The van der Waals surface area contributed by atoms with Crippen LogP contribution < -0.4 is 10.6 Å². The Balaban J connectivity index is 2.18. The van der Waals surface area contributed by atoms with E-state index in [1.807, 2.05) is 0 Å². The van der Waals surface area contributed by atoms with Crippen molar-refractivity contribution in [3.05, 3.63) is 38.9 Å². The van der Waals surface area contributed by atoms with Crippen LogP contribution in [0.25, 0.3) is 0 Å². The third-order valence-corrected chi connectivity index (χ3v) is 3.61. The van der Waals surface area contributed by atoms with Crippen LogP contribution in [-0.2, 0) is 0 Å². The summed E-state index contributed by atoms with van der Waals surface area (Å²) in [5.74, 6) is -0.490. The maximum Gasteiger partial charge on any atom is 0.283 e. The Kier molecular flexibility index (Phi) is 4.92. The van der Waals surface area contributed by atoms with Crippen molar-refractivity contribution >= 4 is 23.2 Å². The molecule has 1 heterocycles. The summed E-state index contributed by atoms with van der Waals surface area (Å²) in [5.41, 5.74) is -0.333. The smallest absolute Gasteiger partial charge is 0.283 e. The summed E-state index contributed by atoms with van der Waals surface area (Å²) in [5, 5.41) is 17.1. The summed E-state index contributed by atoms with van der Waals surface area (Å²) in [6.45, 7) is 1.60. The molecule has 1 fully saturated rings. The van der Waals surface area contributed by atoms with Crippen LogP contribution in [0.3, 0.4) is 0 Å². The Morgan fingerprint density at radius 3 is 3.00 bits per heavy atom. The fourth-order valence-corrected chi connectivity index (χ4v) is 2.54. The molecule has 0 bridgehead atoms. The number of amides is 1. The number of nitrogens with zero attached hydrogens (tertiary/aromatic N) is 1. The number of nitrogens with one attached hydrogen (secondary N) is 2. The zero-order valence-corrected chi connectivity index (χ0v) is 11.7. The molecule has 0 spiro atoms. The van der Waals surface area contributed by atoms with Crippen molar-refractivity contribution in [1.29, 1.82) is 0 Å². The first-order chi connectivity index (χ1) is 9.59. The molecule has 20 heavy (non-hydrogen) atoms. The lowest BCUT2D eigenvalue weighted by atomic mass is 10.1. The van der Waals surface area contributed by atoms with Crippen molar-refractivity contribution in [1.82, 2.24) is 10.6 Å². The molecule has 1 amide bonds. The average molecular weight is 298 g/mol. The number of benzene rings is 1. The molecular formula is C13H16ClN3O3. The first-order valence-corrected chi connectivity index (χ1v) is 6.92. The minimum absolute atomic E-state index is 0.0270. The van der Waals surface area contributed by atoms with E-state index in [0.29, 0.717) is 6.54 Å². The molecule has 1 aromatic rings. The lowest BCUT2D eigenvalue weighted by Crippen LogP contribution is -2.41. The van der Waals surface area contributed by atoms with Crippen LogP contribution in [0, 0.1) is 10.1 Å². The van der Waals surface area contributed by atoms with Gasteiger partial charge in [0, 0.05) is 18.7 Å². The Bertz CT molecular complexity index is 514. The van der Waals surface area contributed by atoms with Crippen LogP contribution in [0.5, 0.6) is 0 Å². The molecule has 0 radical (unpaired) electrons. The predicted molar refractivity (Wildman–Crippen MR) is 76.1 cm³/mol. The Morgan fingerprint density at radius 1 is 1.45 bits per heavy atom. The van der Waals surface area contributed by atoms with Gasteiger partial charge in [-0.2, -0.15) is 0 Å². The molecule has 1 aliphatic rings. The number of halogens is 1. The minimum Gasteiger partial charge on any atom is -0.348 e. The molecule has 0 saturated carbocycles. The van der Waals surface area contributed by atoms with E-state index in [4.69, 9.17) is 11.6 Å². The molecule has 1 unspecified atom stereocenters. The van der Waals surface area contributed by atoms with E-state index in [0.717, 1.165) is 25.8 Å². The largest absolute Gasteiger partial charge is 0.348 e. The van der Waals surface area contributed by atoms with Gasteiger partial charge in [-0.3, -0.25) is 14.9 Å². The molecule has 0 aromatic heterocycles. The van der Waals surface area contributed by atoms with Crippen LogP contribution in [0.15, 0.2) is 18.2 Å². The zero-order valence-electron chi connectivity index (χ0n) is 10.9. The van der Waals surface area contributed by atoms with Crippen LogP contribution in [-0.4, -0.2) is 30.0 Å². The van der Waals surface area contributed by atoms with E-state index in [-0.39, 0.29) is 22.3 Å². The molecule has 1 atom stereocenters. The molecule has 1 saturated heterocycles. The SMILES string of the molecule is O=C(NC1CCCCNC1)c1c(Cl)cccc1[N+](=O)[O-]. The monoisotopic (exact) mass is 297 g/mol. The molecule has 0 aliphatic carbocycles. The number of hydrogen-bond acceptors (Lipinski definition) is 4. The third-order valence-electron chi connectivity index (χ3n) is 3.30. The number of nitro benzene ring substituents is 1. The van der Waals surface area contributed by atoms with Gasteiger partial charge in [0.25, 0.3) is 11.6 Å². The highest BCUT2D eigenvalue weighted by molar-refractivity contribution is 6.34. The summed E-state index contributed by atoms with van der Waals surface area (Å²) in [4.78, 5) is 22.6. The van der Waals surface area contributed by atoms with Gasteiger partial charge in [-0.15, -0.1) is 0 Å². The maximum atomic E-state index is 12.2. The van der Waals surface area contributed by atoms with Gasteiger partial charge >= 0.3 is 0 Å². The number of nitro groups is 1. The Hall–Kier alpha value is -1.66. The third kappa shape index (κ3) is 3.46. The van der Waals surface area contributed by atoms with Gasteiger partial charge < -0.3 is 10.6 Å². The normalized spacial score (nSPS) is 19.1. The molecule has 1 aromatic carbocycles. The van der Waals surface area contributed by atoms with Crippen molar-refractivity contribution in [2.45, 2.75) is 25.3 Å². The number of hydrogen-bond donors (Lipinski definition) is 2. The number of rotatable bonds is 3. The second-order valence-corrected chi connectivity index (χ2v) is 5.17. The van der Waals surface area contributed by atoms with E-state index in [9.17, 15) is 14.9 Å². The second kappa shape index (κ2) is 6.67. The summed E-state index contributed by atoms with van der Waals surface area (Å²) in [6, 6.07) is 4.20. The molecule has 1 aliphatic heterocycles. The van der Waals surface area contributed by atoms with Crippen molar-refractivity contribution in [3.8, 4) is 0 Å². The predicted octanol–water partition coefficient (Wildman–Crippen LogP) is 2.12. The lowest BCUT2D eigenvalue weighted by molar-refractivity contribution is -0.385. The second-order valence-electron chi connectivity index (χ2n) is 4.76. The van der Waals surface area contributed by atoms with E-state index in [1.54, 1.807) is 0 Å². The average Bonchev–Trinajstić information content (AvgIpc) is 2.66. The fourth-order valence-electron chi connectivity index (χ4n) is 2.29. The summed E-state index contributed by atoms with van der Waals surface area (Å²) in [7, 11) is 0. The summed E-state index contributed by atoms with van der Waals surface area (Å²) < 4.78 is 0. The van der Waals surface area contributed by atoms with Gasteiger partial charge in [-0.25, -0.2) is 0 Å². The van der Waals surface area contributed by atoms with Gasteiger partial charge in [-0.05, 0) is 25.5 Å². The van der Waals surface area contributed by atoms with Gasteiger partial charge in [0.15, 0.2) is 0 Å². The number of carbonyl (C=O) groups excluding carboxylic acids is 1. The summed E-state index contributed by atoms with van der Waals surface area (Å²) in [6.07, 6.45) is 2.94. The maximum absolute atomic E-state index is 12.2. The van der Waals surface area contributed by atoms with E-state index in [2.05, 4.69) is 10.6 Å². The summed E-state index contributed by atoms with van der Waals surface area (Å²) >= 11 is 5.94. The lowest BCUT2D eigenvalue weighted by Gasteiger charge is -2.16. The molecule has 108 valence electrons. The molecule has 7 heteroatoms.